The zero-order valence-corrected chi connectivity index (χ0v) is 18.4. The molecule has 2 fully saturated rings. The molecule has 2 aromatic heterocycles. The predicted octanol–water partition coefficient (Wildman–Crippen LogP) is 4.15. The number of aromatic hydroxyl groups is 1. The van der Waals surface area contributed by atoms with Crippen LogP contribution in [0, 0.1) is 11.6 Å². The quantitative estimate of drug-likeness (QED) is 0.535. The van der Waals surface area contributed by atoms with Crippen molar-refractivity contribution in [3.63, 3.8) is 0 Å². The van der Waals surface area contributed by atoms with Gasteiger partial charge in [-0.25, -0.2) is 18.4 Å². The average molecular weight is 482 g/mol. The fraction of sp³-hybridized carbons (Fsp3) is 0.500. The van der Waals surface area contributed by atoms with E-state index in [9.17, 15) is 27.1 Å². The van der Waals surface area contributed by atoms with Crippen LogP contribution in [0.15, 0.2) is 12.3 Å². The molecule has 1 saturated carbocycles. The third kappa shape index (κ3) is 3.73. The van der Waals surface area contributed by atoms with Crippen LogP contribution in [-0.2, 0) is 13.2 Å². The summed E-state index contributed by atoms with van der Waals surface area (Å²) in [6, 6.07) is 0.309. The van der Waals surface area contributed by atoms with Crippen molar-refractivity contribution in [1.82, 2.24) is 25.1 Å². The van der Waals surface area contributed by atoms with E-state index in [0.29, 0.717) is 18.6 Å². The number of alkyl halides is 3. The largest absolute Gasteiger partial charge is 0.503 e. The molecule has 1 spiro atoms. The highest BCUT2D eigenvalue weighted by Gasteiger charge is 2.39. The Labute approximate surface area is 191 Å². The number of benzene rings is 1. The molecule has 2 N–H and O–H groups in total. The van der Waals surface area contributed by atoms with E-state index >= 15 is 0 Å². The molecule has 182 valence electrons. The summed E-state index contributed by atoms with van der Waals surface area (Å²) in [4.78, 5) is 11.0. The molecule has 2 aliphatic rings. The molecule has 1 aliphatic heterocycles. The van der Waals surface area contributed by atoms with E-state index in [-0.39, 0.29) is 22.3 Å². The summed E-state index contributed by atoms with van der Waals surface area (Å²) in [5, 5.41) is 17.6. The van der Waals surface area contributed by atoms with Gasteiger partial charge in [-0.3, -0.25) is 0 Å². The monoisotopic (exact) mass is 482 g/mol. The van der Waals surface area contributed by atoms with Gasteiger partial charge in [0.25, 0.3) is 0 Å². The number of piperazine rings is 1. The maximum Gasteiger partial charge on any atom is 0.419 e. The van der Waals surface area contributed by atoms with Crippen LogP contribution in [0.2, 0.25) is 0 Å². The highest BCUT2D eigenvalue weighted by atomic mass is 19.4. The summed E-state index contributed by atoms with van der Waals surface area (Å²) in [5.74, 6) is -4.86. The molecule has 0 atom stereocenters. The molecule has 34 heavy (non-hydrogen) atoms. The molecule has 3 heterocycles. The molecular formula is C22H23F5N6O. The van der Waals surface area contributed by atoms with Crippen molar-refractivity contribution in [2.45, 2.75) is 43.8 Å². The minimum atomic E-state index is -5.13. The number of phenolic OH excluding ortho intramolecular Hbond substituents is 1. The van der Waals surface area contributed by atoms with Gasteiger partial charge in [0.2, 0.25) is 5.95 Å². The molecule has 0 unspecified atom stereocenters. The van der Waals surface area contributed by atoms with Crippen LogP contribution < -0.4 is 10.2 Å². The van der Waals surface area contributed by atoms with Crippen molar-refractivity contribution in [1.29, 1.82) is 0 Å². The summed E-state index contributed by atoms with van der Waals surface area (Å²) >= 11 is 0. The second-order valence-electron chi connectivity index (χ2n) is 9.01. The van der Waals surface area contributed by atoms with E-state index in [4.69, 9.17) is 0 Å². The Morgan fingerprint density at radius 1 is 1.12 bits per heavy atom. The van der Waals surface area contributed by atoms with E-state index in [1.807, 2.05) is 0 Å². The molecule has 7 nitrogen and oxygen atoms in total. The van der Waals surface area contributed by atoms with Crippen LogP contribution in [0.3, 0.4) is 0 Å². The molecule has 1 aliphatic carbocycles. The summed E-state index contributed by atoms with van der Waals surface area (Å²) in [5.41, 5.74) is -2.39. The second-order valence-corrected chi connectivity index (χ2v) is 9.01. The molecule has 5 rings (SSSR count). The number of hydrogen-bond acceptors (Lipinski definition) is 6. The van der Waals surface area contributed by atoms with Crippen molar-refractivity contribution in [2.75, 3.05) is 24.5 Å². The summed E-state index contributed by atoms with van der Waals surface area (Å²) in [7, 11) is 1.52. The normalized spacial score (nSPS) is 18.7. The van der Waals surface area contributed by atoms with Crippen LogP contribution in [0.5, 0.6) is 5.75 Å². The number of aromatic nitrogens is 4. The van der Waals surface area contributed by atoms with Gasteiger partial charge in [0, 0.05) is 44.0 Å². The van der Waals surface area contributed by atoms with Crippen molar-refractivity contribution >= 4 is 17.0 Å². The zero-order chi connectivity index (χ0) is 24.3. The number of aryl methyl sites for hydroxylation is 1. The van der Waals surface area contributed by atoms with E-state index in [1.165, 1.54) is 24.3 Å². The topological polar surface area (TPSA) is 79.1 Å². The van der Waals surface area contributed by atoms with Crippen molar-refractivity contribution in [3.8, 4) is 17.0 Å². The Kier molecular flexibility index (Phi) is 5.38. The van der Waals surface area contributed by atoms with E-state index < -0.39 is 34.7 Å². The van der Waals surface area contributed by atoms with Gasteiger partial charge in [-0.15, -0.1) is 0 Å². The molecule has 3 aromatic rings. The van der Waals surface area contributed by atoms with Gasteiger partial charge in [0.05, 0.1) is 10.9 Å². The SMILES string of the molecule is Cn1nc(-c2cc(C(F)(F)F)c(F)c(O)c2F)c2cnc(N3CCNC4(CCCCC4)C3)nc21. The number of hydrogen-bond donors (Lipinski definition) is 2. The summed E-state index contributed by atoms with van der Waals surface area (Å²) in [6.07, 6.45) is 1.91. The van der Waals surface area contributed by atoms with Crippen LogP contribution in [-0.4, -0.2) is 50.0 Å². The highest BCUT2D eigenvalue weighted by Crippen LogP contribution is 2.41. The lowest BCUT2D eigenvalue weighted by atomic mass is 9.80. The number of rotatable bonds is 2. The Morgan fingerprint density at radius 2 is 1.85 bits per heavy atom. The number of nitrogens with one attached hydrogen (secondary N) is 1. The first-order valence-corrected chi connectivity index (χ1v) is 11.1. The van der Waals surface area contributed by atoms with E-state index in [0.717, 1.165) is 38.8 Å². The van der Waals surface area contributed by atoms with Gasteiger partial charge in [-0.05, 0) is 18.9 Å². The number of fused-ring (bicyclic) bond motifs is 1. The zero-order valence-electron chi connectivity index (χ0n) is 18.4. The Bertz CT molecular complexity index is 1250. The molecule has 1 saturated heterocycles. The highest BCUT2D eigenvalue weighted by molar-refractivity contribution is 5.91. The second kappa shape index (κ2) is 8.03. The molecule has 0 bridgehead atoms. The molecule has 1 aromatic carbocycles. The first kappa shape index (κ1) is 22.8. The van der Waals surface area contributed by atoms with Gasteiger partial charge in [0.1, 0.15) is 5.69 Å². The minimum Gasteiger partial charge on any atom is -0.503 e. The summed E-state index contributed by atoms with van der Waals surface area (Å²) in [6.45, 7) is 2.20. The Hall–Kier alpha value is -3.02. The van der Waals surface area contributed by atoms with E-state index in [1.54, 1.807) is 0 Å². The van der Waals surface area contributed by atoms with Gasteiger partial charge in [-0.1, -0.05) is 19.3 Å². The van der Waals surface area contributed by atoms with Crippen LogP contribution in [0.25, 0.3) is 22.3 Å². The Balaban J connectivity index is 1.56. The Morgan fingerprint density at radius 3 is 2.56 bits per heavy atom. The van der Waals surface area contributed by atoms with Gasteiger partial charge < -0.3 is 15.3 Å². The van der Waals surface area contributed by atoms with Crippen molar-refractivity contribution < 1.29 is 27.1 Å². The third-order valence-electron chi connectivity index (χ3n) is 6.77. The van der Waals surface area contributed by atoms with Gasteiger partial charge >= 0.3 is 6.18 Å². The third-order valence-corrected chi connectivity index (χ3v) is 6.77. The maximum absolute atomic E-state index is 14.7. The first-order valence-electron chi connectivity index (χ1n) is 11.1. The van der Waals surface area contributed by atoms with Crippen LogP contribution in [0.1, 0.15) is 37.7 Å². The molecule has 0 amide bonds. The van der Waals surface area contributed by atoms with Crippen LogP contribution >= 0.6 is 0 Å². The van der Waals surface area contributed by atoms with Crippen molar-refractivity contribution in [2.24, 2.45) is 7.05 Å². The fourth-order valence-electron chi connectivity index (χ4n) is 5.07. The molecule has 0 radical (unpaired) electrons. The first-order chi connectivity index (χ1) is 16.1. The fourth-order valence-corrected chi connectivity index (χ4v) is 5.07. The number of halogens is 5. The lowest BCUT2D eigenvalue weighted by Gasteiger charge is -2.46. The summed E-state index contributed by atoms with van der Waals surface area (Å²) < 4.78 is 69.6. The number of nitrogens with zero attached hydrogens (tertiary/aromatic N) is 5. The molecule has 12 heteroatoms. The van der Waals surface area contributed by atoms with Gasteiger partial charge in [-0.2, -0.15) is 23.3 Å². The van der Waals surface area contributed by atoms with Crippen molar-refractivity contribution in [3.05, 3.63) is 29.5 Å². The maximum atomic E-state index is 14.7. The minimum absolute atomic E-state index is 0.00913. The average Bonchev–Trinajstić information content (AvgIpc) is 3.13. The van der Waals surface area contributed by atoms with E-state index in [2.05, 4.69) is 25.3 Å². The number of anilines is 1. The van der Waals surface area contributed by atoms with Gasteiger partial charge in [0.15, 0.2) is 23.0 Å². The standard InChI is InChI=1S/C22H23F5N6O/c1-32-19-13(17(31-32)12-9-14(22(25,26)27)16(24)18(34)15(12)23)10-28-20(30-19)33-8-7-29-21(11-33)5-3-2-4-6-21/h9-10,29,34H,2-8,11H2,1H3. The lowest BCUT2D eigenvalue weighted by molar-refractivity contribution is -0.140. The lowest BCUT2D eigenvalue weighted by Crippen LogP contribution is -2.61. The number of phenols is 1. The molecular weight excluding hydrogens is 459 g/mol. The van der Waals surface area contributed by atoms with Crippen LogP contribution in [0.4, 0.5) is 27.9 Å². The smallest absolute Gasteiger partial charge is 0.419 e. The predicted molar refractivity (Wildman–Crippen MR) is 114 cm³/mol.